The first kappa shape index (κ1) is 16.7. The van der Waals surface area contributed by atoms with Gasteiger partial charge < -0.3 is 9.47 Å². The fraction of sp³-hybridized carbons (Fsp3) is 0.471. The second kappa shape index (κ2) is 8.69. The van der Waals surface area contributed by atoms with E-state index >= 15 is 0 Å². The van der Waals surface area contributed by atoms with Gasteiger partial charge in [-0.1, -0.05) is 11.6 Å². The number of hydrogen-bond donors (Lipinski definition) is 0. The number of imidazole rings is 1. The van der Waals surface area contributed by atoms with E-state index in [2.05, 4.69) is 27.9 Å². The quantitative estimate of drug-likeness (QED) is 0.520. The number of nitrogens with zero attached hydrogens (tertiary/aromatic N) is 2. The lowest BCUT2D eigenvalue weighted by atomic mass is 10.2. The lowest BCUT2D eigenvalue weighted by Crippen LogP contribution is -2.23. The molecule has 0 amide bonds. The second-order valence-corrected chi connectivity index (χ2v) is 5.78. The van der Waals surface area contributed by atoms with Crippen molar-refractivity contribution in [3.63, 3.8) is 0 Å². The summed E-state index contributed by atoms with van der Waals surface area (Å²) in [6.07, 6.45) is 10.9. The Morgan fingerprint density at radius 2 is 2.00 bits per heavy atom. The minimum atomic E-state index is 0.597. The Kier molecular flexibility index (Phi) is 6.59. The molecule has 0 radical (unpaired) electrons. The highest BCUT2D eigenvalue weighted by atomic mass is 35.5. The first-order valence-corrected chi connectivity index (χ1v) is 8.04. The fourth-order valence-corrected chi connectivity index (χ4v) is 2.52. The average Bonchev–Trinajstić information content (AvgIpc) is 2.93. The van der Waals surface area contributed by atoms with Gasteiger partial charge in [-0.2, -0.15) is 0 Å². The predicted octanol–water partition coefficient (Wildman–Crippen LogP) is 3.61. The van der Waals surface area contributed by atoms with Gasteiger partial charge in [0, 0.05) is 6.07 Å². The summed E-state index contributed by atoms with van der Waals surface area (Å²) >= 11 is 6.13. The zero-order valence-electron chi connectivity index (χ0n) is 13.3. The number of aromatic nitrogens is 2. The maximum atomic E-state index is 6.13. The molecule has 1 aromatic heterocycles. The van der Waals surface area contributed by atoms with Crippen LogP contribution in [0.2, 0.25) is 5.02 Å². The van der Waals surface area contributed by atoms with Gasteiger partial charge in [-0.15, -0.1) is 0 Å². The van der Waals surface area contributed by atoms with Gasteiger partial charge in [-0.25, -0.2) is 9.13 Å². The number of rotatable bonds is 9. The van der Waals surface area contributed by atoms with Gasteiger partial charge in [-0.3, -0.25) is 0 Å². The minimum Gasteiger partial charge on any atom is -0.497 e. The van der Waals surface area contributed by atoms with Crippen molar-refractivity contribution >= 4 is 11.6 Å². The molecule has 0 fully saturated rings. The van der Waals surface area contributed by atoms with Crippen molar-refractivity contribution in [2.24, 2.45) is 7.05 Å². The first-order valence-electron chi connectivity index (χ1n) is 7.66. The van der Waals surface area contributed by atoms with E-state index in [4.69, 9.17) is 21.1 Å². The third-order valence-corrected chi connectivity index (χ3v) is 3.83. The topological polar surface area (TPSA) is 27.3 Å². The first-order chi connectivity index (χ1) is 10.7. The number of aryl methyl sites for hydroxylation is 2. The summed E-state index contributed by atoms with van der Waals surface area (Å²) < 4.78 is 15.1. The van der Waals surface area contributed by atoms with Crippen LogP contribution in [0.5, 0.6) is 11.5 Å². The van der Waals surface area contributed by atoms with Crippen molar-refractivity contribution in [3.05, 3.63) is 41.9 Å². The number of ether oxygens (including phenoxy) is 2. The van der Waals surface area contributed by atoms with Crippen molar-refractivity contribution in [2.75, 3.05) is 13.7 Å². The summed E-state index contributed by atoms with van der Waals surface area (Å²) in [5, 5.41) is 0.597. The molecule has 1 heterocycles. The van der Waals surface area contributed by atoms with E-state index in [1.807, 2.05) is 19.2 Å². The summed E-state index contributed by atoms with van der Waals surface area (Å²) in [5.74, 6) is 1.47. The molecule has 0 spiro atoms. The standard InChI is InChI=1S/C17H24ClN2O2/c1-19-10-11-20(14-19)9-5-3-4-6-12-22-17-8-7-15(21-2)13-16(17)18/h7-8,10-11,13-14H,3-6,9,12H2,1-2H3/q+1. The zero-order chi connectivity index (χ0) is 15.8. The van der Waals surface area contributed by atoms with Crippen molar-refractivity contribution in [2.45, 2.75) is 32.2 Å². The van der Waals surface area contributed by atoms with Crippen LogP contribution in [-0.2, 0) is 13.6 Å². The second-order valence-electron chi connectivity index (χ2n) is 5.38. The van der Waals surface area contributed by atoms with Crippen LogP contribution in [0.25, 0.3) is 0 Å². The Hall–Kier alpha value is -1.68. The van der Waals surface area contributed by atoms with Crippen LogP contribution in [0, 0.1) is 0 Å². The summed E-state index contributed by atoms with van der Waals surface area (Å²) in [5.41, 5.74) is 0. The van der Waals surface area contributed by atoms with Crippen LogP contribution < -0.4 is 14.0 Å². The number of benzene rings is 1. The molecule has 0 aliphatic heterocycles. The van der Waals surface area contributed by atoms with Gasteiger partial charge in [0.2, 0.25) is 6.33 Å². The van der Waals surface area contributed by atoms with E-state index < -0.39 is 0 Å². The summed E-state index contributed by atoms with van der Waals surface area (Å²) in [4.78, 5) is 0. The lowest BCUT2D eigenvalue weighted by molar-refractivity contribution is -0.671. The zero-order valence-corrected chi connectivity index (χ0v) is 14.1. The Balaban J connectivity index is 1.57. The lowest BCUT2D eigenvalue weighted by Gasteiger charge is -2.09. The third kappa shape index (κ3) is 5.26. The minimum absolute atomic E-state index is 0.597. The number of methoxy groups -OCH3 is 1. The van der Waals surface area contributed by atoms with E-state index in [-0.39, 0.29) is 0 Å². The number of hydrogen-bond acceptors (Lipinski definition) is 2. The van der Waals surface area contributed by atoms with E-state index in [0.29, 0.717) is 11.6 Å². The molecular formula is C17H24ClN2O2+. The molecule has 0 unspecified atom stereocenters. The van der Waals surface area contributed by atoms with Crippen LogP contribution in [0.4, 0.5) is 0 Å². The average molecular weight is 324 g/mol. The Labute approximate surface area is 137 Å². The van der Waals surface area contributed by atoms with E-state index in [9.17, 15) is 0 Å². The molecule has 5 heteroatoms. The van der Waals surface area contributed by atoms with Crippen LogP contribution in [0.3, 0.4) is 0 Å². The molecule has 120 valence electrons. The molecule has 0 N–H and O–H groups in total. The molecule has 0 aliphatic rings. The van der Waals surface area contributed by atoms with Crippen molar-refractivity contribution in [1.29, 1.82) is 0 Å². The Bertz CT molecular complexity index is 584. The van der Waals surface area contributed by atoms with Crippen molar-refractivity contribution < 1.29 is 14.0 Å². The predicted molar refractivity (Wildman–Crippen MR) is 87.6 cm³/mol. The van der Waals surface area contributed by atoms with Crippen molar-refractivity contribution in [1.82, 2.24) is 4.57 Å². The van der Waals surface area contributed by atoms with Crippen LogP contribution in [0.1, 0.15) is 25.7 Å². The molecule has 2 aromatic rings. The number of halogens is 1. The Morgan fingerprint density at radius 1 is 1.18 bits per heavy atom. The molecule has 0 saturated carbocycles. The molecule has 0 bridgehead atoms. The molecule has 2 rings (SSSR count). The number of unbranched alkanes of at least 4 members (excludes halogenated alkanes) is 3. The molecular weight excluding hydrogens is 300 g/mol. The fourth-order valence-electron chi connectivity index (χ4n) is 2.29. The summed E-state index contributed by atoms with van der Waals surface area (Å²) in [7, 11) is 3.66. The molecule has 0 saturated heterocycles. The van der Waals surface area contributed by atoms with Crippen LogP contribution in [-0.4, -0.2) is 18.3 Å². The van der Waals surface area contributed by atoms with Gasteiger partial charge in [0.15, 0.2) is 0 Å². The van der Waals surface area contributed by atoms with Crippen LogP contribution in [0.15, 0.2) is 36.9 Å². The maximum Gasteiger partial charge on any atom is 0.243 e. The largest absolute Gasteiger partial charge is 0.497 e. The van der Waals surface area contributed by atoms with Gasteiger partial charge in [0.1, 0.15) is 23.9 Å². The third-order valence-electron chi connectivity index (χ3n) is 3.53. The van der Waals surface area contributed by atoms with Gasteiger partial charge >= 0.3 is 0 Å². The highest BCUT2D eigenvalue weighted by Crippen LogP contribution is 2.28. The maximum absolute atomic E-state index is 6.13. The molecule has 4 nitrogen and oxygen atoms in total. The van der Waals surface area contributed by atoms with E-state index in [0.717, 1.165) is 24.5 Å². The van der Waals surface area contributed by atoms with Gasteiger partial charge in [0.25, 0.3) is 0 Å². The smallest absolute Gasteiger partial charge is 0.243 e. The van der Waals surface area contributed by atoms with E-state index in [1.165, 1.54) is 19.3 Å². The summed E-state index contributed by atoms with van der Waals surface area (Å²) in [6.45, 7) is 1.77. The molecule has 0 aliphatic carbocycles. The Morgan fingerprint density at radius 3 is 2.68 bits per heavy atom. The molecule has 0 atom stereocenters. The van der Waals surface area contributed by atoms with Gasteiger partial charge in [-0.05, 0) is 37.8 Å². The molecule has 22 heavy (non-hydrogen) atoms. The highest BCUT2D eigenvalue weighted by Gasteiger charge is 2.03. The SMILES string of the molecule is COc1ccc(OCCCCCCn2cc[n+](C)c2)c(Cl)c1. The molecule has 1 aromatic carbocycles. The van der Waals surface area contributed by atoms with Gasteiger partial charge in [0.05, 0.1) is 32.3 Å². The van der Waals surface area contributed by atoms with Crippen LogP contribution >= 0.6 is 11.6 Å². The van der Waals surface area contributed by atoms with E-state index in [1.54, 1.807) is 13.2 Å². The normalized spacial score (nSPS) is 10.7. The highest BCUT2D eigenvalue weighted by molar-refractivity contribution is 6.32. The van der Waals surface area contributed by atoms with Crippen molar-refractivity contribution in [3.8, 4) is 11.5 Å². The monoisotopic (exact) mass is 323 g/mol. The summed E-state index contributed by atoms with van der Waals surface area (Å²) in [6, 6.07) is 5.49.